The van der Waals surface area contributed by atoms with E-state index < -0.39 is 0 Å². The van der Waals surface area contributed by atoms with Crippen LogP contribution in [0.2, 0.25) is 0 Å². The summed E-state index contributed by atoms with van der Waals surface area (Å²) in [6, 6.07) is 13.5. The summed E-state index contributed by atoms with van der Waals surface area (Å²) in [5, 5.41) is 9.13. The van der Waals surface area contributed by atoms with Crippen LogP contribution in [0.1, 0.15) is 11.1 Å². The molecule has 0 saturated heterocycles. The second-order valence-electron chi connectivity index (χ2n) is 5.44. The SMILES string of the molecule is CN(C)C(=O)/C(C#N)=C\c1ccc(OCc2ccccc2F)c(Br)c1. The number of amides is 1. The van der Waals surface area contributed by atoms with Crippen LogP contribution >= 0.6 is 15.9 Å². The second-order valence-corrected chi connectivity index (χ2v) is 6.29. The van der Waals surface area contributed by atoms with Gasteiger partial charge in [-0.2, -0.15) is 5.26 Å². The highest BCUT2D eigenvalue weighted by Gasteiger charge is 2.12. The molecule has 0 aliphatic carbocycles. The van der Waals surface area contributed by atoms with E-state index in [2.05, 4.69) is 15.9 Å². The monoisotopic (exact) mass is 402 g/mol. The predicted molar refractivity (Wildman–Crippen MR) is 97.2 cm³/mol. The predicted octanol–water partition coefficient (Wildman–Crippen LogP) is 4.16. The maximum absolute atomic E-state index is 13.6. The molecule has 2 aromatic rings. The minimum absolute atomic E-state index is 0.0388. The lowest BCUT2D eigenvalue weighted by molar-refractivity contribution is -0.124. The van der Waals surface area contributed by atoms with Crippen molar-refractivity contribution >= 4 is 27.9 Å². The Hall–Kier alpha value is -2.65. The summed E-state index contributed by atoms with van der Waals surface area (Å²) >= 11 is 3.39. The van der Waals surface area contributed by atoms with Crippen LogP contribution in [0, 0.1) is 17.1 Å². The van der Waals surface area contributed by atoms with Gasteiger partial charge >= 0.3 is 0 Å². The number of hydrogen-bond donors (Lipinski definition) is 0. The summed E-state index contributed by atoms with van der Waals surface area (Å²) in [4.78, 5) is 13.2. The van der Waals surface area contributed by atoms with Crippen LogP contribution < -0.4 is 4.74 Å². The Bertz CT molecular complexity index is 857. The van der Waals surface area contributed by atoms with Gasteiger partial charge in [0.2, 0.25) is 0 Å². The van der Waals surface area contributed by atoms with Gasteiger partial charge < -0.3 is 9.64 Å². The van der Waals surface area contributed by atoms with Gasteiger partial charge in [0.05, 0.1) is 4.47 Å². The van der Waals surface area contributed by atoms with E-state index in [4.69, 9.17) is 10.00 Å². The third-order valence-electron chi connectivity index (χ3n) is 3.36. The Balaban J connectivity index is 2.17. The zero-order valence-corrected chi connectivity index (χ0v) is 15.4. The van der Waals surface area contributed by atoms with Crippen LogP contribution in [-0.4, -0.2) is 24.9 Å². The molecule has 0 heterocycles. The minimum atomic E-state index is -0.362. The van der Waals surface area contributed by atoms with E-state index in [1.54, 1.807) is 50.5 Å². The summed E-state index contributed by atoms with van der Waals surface area (Å²) in [5.41, 5.74) is 1.18. The van der Waals surface area contributed by atoms with Crippen molar-refractivity contribution in [2.75, 3.05) is 14.1 Å². The molecule has 0 unspecified atom stereocenters. The fourth-order valence-electron chi connectivity index (χ4n) is 2.04. The number of hydrogen-bond acceptors (Lipinski definition) is 3. The van der Waals surface area contributed by atoms with Gasteiger partial charge in [-0.3, -0.25) is 4.79 Å². The highest BCUT2D eigenvalue weighted by molar-refractivity contribution is 9.10. The number of rotatable bonds is 5. The van der Waals surface area contributed by atoms with E-state index in [9.17, 15) is 9.18 Å². The lowest BCUT2D eigenvalue weighted by atomic mass is 10.1. The molecule has 0 aliphatic heterocycles. The number of halogens is 2. The van der Waals surface area contributed by atoms with Crippen LogP contribution in [0.25, 0.3) is 6.08 Å². The average Bonchev–Trinajstić information content (AvgIpc) is 2.59. The van der Waals surface area contributed by atoms with E-state index in [0.29, 0.717) is 21.3 Å². The minimum Gasteiger partial charge on any atom is -0.488 e. The third kappa shape index (κ3) is 4.91. The first-order valence-corrected chi connectivity index (χ1v) is 8.21. The van der Waals surface area contributed by atoms with Crippen LogP contribution in [0.3, 0.4) is 0 Å². The fourth-order valence-corrected chi connectivity index (χ4v) is 2.56. The van der Waals surface area contributed by atoms with Crippen molar-refractivity contribution in [3.05, 3.63) is 69.5 Å². The lowest BCUT2D eigenvalue weighted by Crippen LogP contribution is -2.22. The molecule has 0 atom stereocenters. The van der Waals surface area contributed by atoms with E-state index in [0.717, 1.165) is 0 Å². The quantitative estimate of drug-likeness (QED) is 0.557. The number of carbonyl (C=O) groups is 1. The smallest absolute Gasteiger partial charge is 0.264 e. The number of ether oxygens (including phenoxy) is 1. The van der Waals surface area contributed by atoms with Crippen LogP contribution in [-0.2, 0) is 11.4 Å². The molecule has 0 bridgehead atoms. The Morgan fingerprint density at radius 3 is 2.64 bits per heavy atom. The molecule has 128 valence electrons. The summed E-state index contributed by atoms with van der Waals surface area (Å²) < 4.78 is 19.9. The first kappa shape index (κ1) is 18.7. The topological polar surface area (TPSA) is 53.3 Å². The van der Waals surface area contributed by atoms with Gasteiger partial charge in [0.15, 0.2) is 0 Å². The van der Waals surface area contributed by atoms with Crippen molar-refractivity contribution in [1.82, 2.24) is 4.90 Å². The standard InChI is InChI=1S/C19H16BrFN2O2/c1-23(2)19(24)15(11-22)9-13-7-8-18(16(20)10-13)25-12-14-5-3-4-6-17(14)21/h3-10H,12H2,1-2H3/b15-9-. The van der Waals surface area contributed by atoms with Crippen LogP contribution in [0.5, 0.6) is 5.75 Å². The molecule has 0 spiro atoms. The van der Waals surface area contributed by atoms with E-state index in [-0.39, 0.29) is 23.9 Å². The number of likely N-dealkylation sites (N-methyl/N-ethyl adjacent to an activating group) is 1. The average molecular weight is 403 g/mol. The molecular weight excluding hydrogens is 387 g/mol. The lowest BCUT2D eigenvalue weighted by Gasteiger charge is -2.10. The number of nitrogens with zero attached hydrogens (tertiary/aromatic N) is 2. The number of nitriles is 1. The molecule has 0 N–H and O–H groups in total. The molecule has 0 fully saturated rings. The van der Waals surface area contributed by atoms with Gasteiger partial charge in [-0.05, 0) is 45.8 Å². The summed E-state index contributed by atoms with van der Waals surface area (Å²) in [6.45, 7) is 0.100. The molecule has 0 aliphatic rings. The molecule has 6 heteroatoms. The Morgan fingerprint density at radius 2 is 2.04 bits per heavy atom. The van der Waals surface area contributed by atoms with Gasteiger partial charge in [-0.25, -0.2) is 4.39 Å². The Morgan fingerprint density at radius 1 is 1.32 bits per heavy atom. The number of carbonyl (C=O) groups excluding carboxylic acids is 1. The molecule has 0 saturated carbocycles. The van der Waals surface area contributed by atoms with Crippen molar-refractivity contribution in [3.63, 3.8) is 0 Å². The van der Waals surface area contributed by atoms with E-state index in [1.165, 1.54) is 17.0 Å². The van der Waals surface area contributed by atoms with Crippen molar-refractivity contribution in [1.29, 1.82) is 5.26 Å². The van der Waals surface area contributed by atoms with Gasteiger partial charge in [-0.1, -0.05) is 24.3 Å². The zero-order chi connectivity index (χ0) is 18.4. The van der Waals surface area contributed by atoms with Gasteiger partial charge in [0.1, 0.15) is 29.8 Å². The highest BCUT2D eigenvalue weighted by Crippen LogP contribution is 2.28. The molecule has 0 radical (unpaired) electrons. The largest absolute Gasteiger partial charge is 0.488 e. The fraction of sp³-hybridized carbons (Fsp3) is 0.158. The van der Waals surface area contributed by atoms with Crippen molar-refractivity contribution in [3.8, 4) is 11.8 Å². The first-order chi connectivity index (χ1) is 11.9. The van der Waals surface area contributed by atoms with Crippen LogP contribution in [0.4, 0.5) is 4.39 Å². The molecule has 2 aromatic carbocycles. The third-order valence-corrected chi connectivity index (χ3v) is 3.98. The summed E-state index contributed by atoms with van der Waals surface area (Å²) in [6.07, 6.45) is 1.51. The molecule has 0 aromatic heterocycles. The van der Waals surface area contributed by atoms with Gasteiger partial charge in [0.25, 0.3) is 5.91 Å². The van der Waals surface area contributed by atoms with Gasteiger partial charge in [-0.15, -0.1) is 0 Å². The molecular formula is C19H16BrFN2O2. The summed E-state index contributed by atoms with van der Waals surface area (Å²) in [5.74, 6) is -0.143. The summed E-state index contributed by atoms with van der Waals surface area (Å²) in [7, 11) is 3.17. The molecule has 2 rings (SSSR count). The normalized spacial score (nSPS) is 10.9. The molecule has 4 nitrogen and oxygen atoms in total. The van der Waals surface area contributed by atoms with E-state index in [1.807, 2.05) is 6.07 Å². The van der Waals surface area contributed by atoms with Crippen molar-refractivity contribution in [2.24, 2.45) is 0 Å². The molecule has 1 amide bonds. The first-order valence-electron chi connectivity index (χ1n) is 7.41. The van der Waals surface area contributed by atoms with Crippen LogP contribution in [0.15, 0.2) is 52.5 Å². The van der Waals surface area contributed by atoms with Crippen molar-refractivity contribution in [2.45, 2.75) is 6.61 Å². The maximum Gasteiger partial charge on any atom is 0.264 e. The van der Waals surface area contributed by atoms with Crippen molar-refractivity contribution < 1.29 is 13.9 Å². The second kappa shape index (κ2) is 8.45. The Labute approximate surface area is 154 Å². The highest BCUT2D eigenvalue weighted by atomic mass is 79.9. The zero-order valence-electron chi connectivity index (χ0n) is 13.8. The Kier molecular flexibility index (Phi) is 6.31. The van der Waals surface area contributed by atoms with Gasteiger partial charge in [0, 0.05) is 19.7 Å². The molecule has 25 heavy (non-hydrogen) atoms. The maximum atomic E-state index is 13.6. The number of benzene rings is 2. The van der Waals surface area contributed by atoms with E-state index >= 15 is 0 Å².